The topological polar surface area (TPSA) is 79.4 Å². The molecule has 3 amide bonds. The molecule has 0 spiro atoms. The lowest BCUT2D eigenvalue weighted by Gasteiger charge is -2.12. The number of fused-ring (bicyclic) bond motifs is 1. The molecule has 2 heterocycles. The van der Waals surface area contributed by atoms with Crippen molar-refractivity contribution in [2.75, 3.05) is 13.1 Å². The molecular weight excluding hydrogens is 454 g/mol. The lowest BCUT2D eigenvalue weighted by atomic mass is 10.2. The molecule has 1 aliphatic rings. The van der Waals surface area contributed by atoms with Gasteiger partial charge in [-0.1, -0.05) is 35.9 Å². The Morgan fingerprint density at radius 1 is 1.13 bits per heavy atom. The zero-order valence-electron chi connectivity index (χ0n) is 16.3. The minimum absolute atomic E-state index is 0.134. The van der Waals surface area contributed by atoms with Gasteiger partial charge in [0, 0.05) is 31.0 Å². The molecule has 1 saturated heterocycles. The van der Waals surface area contributed by atoms with Gasteiger partial charge in [-0.15, -0.1) is 11.3 Å². The van der Waals surface area contributed by atoms with Crippen LogP contribution in [0.3, 0.4) is 0 Å². The van der Waals surface area contributed by atoms with Crippen molar-refractivity contribution in [2.45, 2.75) is 12.8 Å². The second-order valence-corrected chi connectivity index (χ2v) is 9.36. The van der Waals surface area contributed by atoms with E-state index in [1.54, 1.807) is 41.7 Å². The van der Waals surface area contributed by atoms with Crippen LogP contribution in [0.5, 0.6) is 0 Å². The number of nitrogens with one attached hydrogen (secondary N) is 1. The maximum absolute atomic E-state index is 12.5. The van der Waals surface area contributed by atoms with Crippen LogP contribution in [0.25, 0.3) is 16.3 Å². The molecule has 31 heavy (non-hydrogen) atoms. The molecule has 1 aliphatic heterocycles. The van der Waals surface area contributed by atoms with Crippen LogP contribution in [0, 0.1) is 0 Å². The molecule has 158 valence electrons. The van der Waals surface area contributed by atoms with Crippen molar-refractivity contribution in [1.82, 2.24) is 15.2 Å². The number of aromatic nitrogens is 1. The van der Waals surface area contributed by atoms with Crippen LogP contribution >= 0.6 is 34.7 Å². The SMILES string of the molecule is O=C(CCc1nc2ccccc2s1)NCCN1C(=O)S/C(=C\c2ccc(Cl)cc2)C1=O. The van der Waals surface area contributed by atoms with Gasteiger partial charge in [0.2, 0.25) is 5.91 Å². The molecule has 6 nitrogen and oxygen atoms in total. The van der Waals surface area contributed by atoms with Gasteiger partial charge in [0.25, 0.3) is 11.1 Å². The summed E-state index contributed by atoms with van der Waals surface area (Å²) in [6.07, 6.45) is 2.52. The Bertz CT molecular complexity index is 1140. The average molecular weight is 472 g/mol. The van der Waals surface area contributed by atoms with E-state index in [0.29, 0.717) is 22.8 Å². The van der Waals surface area contributed by atoms with Crippen molar-refractivity contribution >= 4 is 68.0 Å². The van der Waals surface area contributed by atoms with Gasteiger partial charge < -0.3 is 5.32 Å². The Hall–Kier alpha value is -2.68. The predicted molar refractivity (Wildman–Crippen MR) is 125 cm³/mol. The van der Waals surface area contributed by atoms with Crippen molar-refractivity contribution < 1.29 is 14.4 Å². The fourth-order valence-electron chi connectivity index (χ4n) is 3.05. The van der Waals surface area contributed by atoms with Crippen molar-refractivity contribution in [1.29, 1.82) is 0 Å². The Morgan fingerprint density at radius 2 is 1.90 bits per heavy atom. The number of carbonyl (C=O) groups excluding carboxylic acids is 3. The summed E-state index contributed by atoms with van der Waals surface area (Å²) >= 11 is 8.34. The first-order valence-electron chi connectivity index (χ1n) is 9.62. The molecule has 0 aliphatic carbocycles. The quantitative estimate of drug-likeness (QED) is 0.504. The van der Waals surface area contributed by atoms with Crippen molar-refractivity contribution in [3.8, 4) is 0 Å². The summed E-state index contributed by atoms with van der Waals surface area (Å²) in [5, 5.41) is 3.95. The van der Waals surface area contributed by atoms with Crippen LogP contribution in [-0.4, -0.2) is 40.0 Å². The van der Waals surface area contributed by atoms with Gasteiger partial charge in [0.1, 0.15) is 0 Å². The summed E-state index contributed by atoms with van der Waals surface area (Å²) in [6, 6.07) is 14.9. The summed E-state index contributed by atoms with van der Waals surface area (Å²) in [6.45, 7) is 0.348. The zero-order valence-corrected chi connectivity index (χ0v) is 18.7. The molecule has 3 aromatic rings. The smallest absolute Gasteiger partial charge is 0.293 e. The first-order chi connectivity index (χ1) is 15.0. The van der Waals surface area contributed by atoms with E-state index in [1.165, 1.54) is 0 Å². The third-order valence-electron chi connectivity index (χ3n) is 4.60. The summed E-state index contributed by atoms with van der Waals surface area (Å²) in [5.74, 6) is -0.489. The van der Waals surface area contributed by atoms with E-state index in [9.17, 15) is 14.4 Å². The fourth-order valence-corrected chi connectivity index (χ4v) is 5.00. The number of benzene rings is 2. The molecule has 2 aromatic carbocycles. The monoisotopic (exact) mass is 471 g/mol. The summed E-state index contributed by atoms with van der Waals surface area (Å²) in [4.78, 5) is 42.9. The minimum Gasteiger partial charge on any atom is -0.354 e. The molecule has 1 fully saturated rings. The van der Waals surface area contributed by atoms with E-state index in [4.69, 9.17) is 11.6 Å². The minimum atomic E-state index is -0.353. The number of para-hydroxylation sites is 1. The van der Waals surface area contributed by atoms with Crippen LogP contribution in [0.2, 0.25) is 5.02 Å². The Labute approximate surface area is 192 Å². The fraction of sp³-hybridized carbons (Fsp3) is 0.182. The molecule has 0 atom stereocenters. The van der Waals surface area contributed by atoms with Crippen LogP contribution in [-0.2, 0) is 16.0 Å². The van der Waals surface area contributed by atoms with Crippen LogP contribution in [0.15, 0.2) is 53.4 Å². The highest BCUT2D eigenvalue weighted by molar-refractivity contribution is 8.18. The van der Waals surface area contributed by atoms with Gasteiger partial charge in [-0.2, -0.15) is 0 Å². The van der Waals surface area contributed by atoms with Gasteiger partial charge in [-0.25, -0.2) is 4.98 Å². The first-order valence-corrected chi connectivity index (χ1v) is 11.6. The van der Waals surface area contributed by atoms with Gasteiger partial charge in [-0.3, -0.25) is 19.3 Å². The number of carbonyl (C=O) groups is 3. The molecule has 0 saturated carbocycles. The third-order valence-corrected chi connectivity index (χ3v) is 6.86. The van der Waals surface area contributed by atoms with Gasteiger partial charge in [0.05, 0.1) is 20.1 Å². The Morgan fingerprint density at radius 3 is 2.68 bits per heavy atom. The van der Waals surface area contributed by atoms with Crippen molar-refractivity contribution in [3.63, 3.8) is 0 Å². The highest BCUT2D eigenvalue weighted by Gasteiger charge is 2.34. The predicted octanol–water partition coefficient (Wildman–Crippen LogP) is 4.74. The Kier molecular flexibility index (Phi) is 6.70. The van der Waals surface area contributed by atoms with Gasteiger partial charge >= 0.3 is 0 Å². The highest BCUT2D eigenvalue weighted by Crippen LogP contribution is 2.32. The number of thiazole rings is 1. The van der Waals surface area contributed by atoms with E-state index >= 15 is 0 Å². The molecule has 0 radical (unpaired) electrons. The molecular formula is C22H18ClN3O3S2. The van der Waals surface area contributed by atoms with Crippen LogP contribution < -0.4 is 5.32 Å². The number of imide groups is 1. The maximum atomic E-state index is 12.5. The second kappa shape index (κ2) is 9.64. The number of halogens is 1. The van der Waals surface area contributed by atoms with E-state index < -0.39 is 0 Å². The number of hydrogen-bond donors (Lipinski definition) is 1. The number of rotatable bonds is 7. The summed E-state index contributed by atoms with van der Waals surface area (Å²) in [5.41, 5.74) is 1.73. The number of amides is 3. The van der Waals surface area contributed by atoms with Gasteiger partial charge in [0.15, 0.2) is 0 Å². The molecule has 0 bridgehead atoms. The van der Waals surface area contributed by atoms with Crippen LogP contribution in [0.4, 0.5) is 4.79 Å². The largest absolute Gasteiger partial charge is 0.354 e. The highest BCUT2D eigenvalue weighted by atomic mass is 35.5. The number of thioether (sulfide) groups is 1. The molecule has 0 unspecified atom stereocenters. The van der Waals surface area contributed by atoms with Crippen LogP contribution in [0.1, 0.15) is 17.0 Å². The van der Waals surface area contributed by atoms with E-state index in [-0.39, 0.29) is 30.1 Å². The molecule has 1 aromatic heterocycles. The standard InChI is InChI=1S/C22H18ClN3O3S2/c23-15-7-5-14(6-8-15)13-18-21(28)26(22(29)31-18)12-11-24-19(27)9-10-20-25-16-3-1-2-4-17(16)30-20/h1-8,13H,9-12H2,(H,24,27)/b18-13-. The maximum Gasteiger partial charge on any atom is 0.293 e. The Balaban J connectivity index is 1.25. The molecule has 1 N–H and O–H groups in total. The van der Waals surface area contributed by atoms with Crippen molar-refractivity contribution in [2.24, 2.45) is 0 Å². The average Bonchev–Trinajstić information content (AvgIpc) is 3.29. The third kappa shape index (κ3) is 5.33. The number of aryl methyl sites for hydroxylation is 1. The lowest BCUT2D eigenvalue weighted by Crippen LogP contribution is -2.37. The van der Waals surface area contributed by atoms with E-state index in [2.05, 4.69) is 10.3 Å². The first kappa shape index (κ1) is 21.5. The number of hydrogen-bond acceptors (Lipinski definition) is 6. The second-order valence-electron chi connectivity index (χ2n) is 6.81. The lowest BCUT2D eigenvalue weighted by molar-refractivity contribution is -0.124. The number of nitrogens with zero attached hydrogens (tertiary/aromatic N) is 2. The van der Waals surface area contributed by atoms with Gasteiger partial charge in [-0.05, 0) is 47.7 Å². The zero-order chi connectivity index (χ0) is 21.8. The van der Waals surface area contributed by atoms with E-state index in [1.807, 2.05) is 24.3 Å². The summed E-state index contributed by atoms with van der Waals surface area (Å²) in [7, 11) is 0. The normalized spacial score (nSPS) is 15.3. The summed E-state index contributed by atoms with van der Waals surface area (Å²) < 4.78 is 1.10. The molecule has 9 heteroatoms. The van der Waals surface area contributed by atoms with E-state index in [0.717, 1.165) is 37.4 Å². The van der Waals surface area contributed by atoms with Crippen molar-refractivity contribution in [3.05, 3.63) is 69.0 Å². The molecule has 4 rings (SSSR count).